The average Bonchev–Trinajstić information content (AvgIpc) is 2.79. The summed E-state index contributed by atoms with van der Waals surface area (Å²) in [5, 5.41) is 0. The van der Waals surface area contributed by atoms with E-state index in [9.17, 15) is 19.2 Å². The number of cyclic esters (lactones) is 2. The average molecular weight is 376 g/mol. The summed E-state index contributed by atoms with van der Waals surface area (Å²) >= 11 is 0. The molecule has 2 bridgehead atoms. The number of carbonyl (C=O) groups excluding carboxylic acids is 4. The summed E-state index contributed by atoms with van der Waals surface area (Å²) in [4.78, 5) is 51.7. The Bertz CT molecular complexity index is 759. The molecule has 6 heteroatoms. The van der Waals surface area contributed by atoms with E-state index >= 15 is 0 Å². The van der Waals surface area contributed by atoms with Crippen molar-refractivity contribution in [2.24, 2.45) is 22.2 Å². The number of allylic oxidation sites excluding steroid dienone is 2. The molecule has 1 saturated heterocycles. The summed E-state index contributed by atoms with van der Waals surface area (Å²) in [6.45, 7) is 10.6. The SMILES string of the molecule is CC(C)C(=O)[C@@]12C(=O)C=C[C@@](C[C@@H]3OC(=O)OC3(C)C)(CCC1(C)C)C2=O. The lowest BCUT2D eigenvalue weighted by atomic mass is 9.43. The Balaban J connectivity index is 2.10. The summed E-state index contributed by atoms with van der Waals surface area (Å²) < 4.78 is 10.5. The zero-order valence-corrected chi connectivity index (χ0v) is 16.9. The second-order valence-corrected chi connectivity index (χ2v) is 9.60. The molecule has 27 heavy (non-hydrogen) atoms. The minimum absolute atomic E-state index is 0.206. The molecule has 0 unspecified atom stereocenters. The van der Waals surface area contributed by atoms with E-state index in [1.807, 2.05) is 13.8 Å². The van der Waals surface area contributed by atoms with Gasteiger partial charge in [0, 0.05) is 12.3 Å². The van der Waals surface area contributed by atoms with Crippen LogP contribution in [0.15, 0.2) is 12.2 Å². The van der Waals surface area contributed by atoms with Crippen molar-refractivity contribution in [3.05, 3.63) is 12.2 Å². The monoisotopic (exact) mass is 376 g/mol. The molecule has 1 aliphatic heterocycles. The van der Waals surface area contributed by atoms with Gasteiger partial charge in [0.25, 0.3) is 0 Å². The van der Waals surface area contributed by atoms with E-state index < -0.39 is 45.8 Å². The fraction of sp³-hybridized carbons (Fsp3) is 0.714. The van der Waals surface area contributed by atoms with Crippen molar-refractivity contribution in [3.63, 3.8) is 0 Å². The topological polar surface area (TPSA) is 86.7 Å². The molecule has 6 nitrogen and oxygen atoms in total. The minimum atomic E-state index is -1.68. The van der Waals surface area contributed by atoms with E-state index in [0.29, 0.717) is 12.8 Å². The Hall–Kier alpha value is -1.98. The van der Waals surface area contributed by atoms with Crippen LogP contribution in [0.3, 0.4) is 0 Å². The maximum absolute atomic E-state index is 13.8. The van der Waals surface area contributed by atoms with Crippen molar-refractivity contribution >= 4 is 23.5 Å². The van der Waals surface area contributed by atoms with E-state index in [2.05, 4.69) is 0 Å². The molecule has 148 valence electrons. The summed E-state index contributed by atoms with van der Waals surface area (Å²) in [7, 11) is 0. The molecule has 0 amide bonds. The van der Waals surface area contributed by atoms with Crippen LogP contribution in [0.5, 0.6) is 0 Å². The largest absolute Gasteiger partial charge is 0.509 e. The third kappa shape index (κ3) is 2.52. The van der Waals surface area contributed by atoms with Gasteiger partial charge in [0.15, 0.2) is 22.8 Å². The number of ketones is 3. The molecule has 3 rings (SSSR count). The Morgan fingerprint density at radius 2 is 1.78 bits per heavy atom. The highest BCUT2D eigenvalue weighted by molar-refractivity contribution is 6.31. The quantitative estimate of drug-likeness (QED) is 0.552. The van der Waals surface area contributed by atoms with Crippen LogP contribution in [0.2, 0.25) is 0 Å². The molecule has 1 saturated carbocycles. The van der Waals surface area contributed by atoms with Gasteiger partial charge in [-0.1, -0.05) is 33.8 Å². The molecule has 0 N–H and O–H groups in total. The zero-order chi connectivity index (χ0) is 20.4. The van der Waals surface area contributed by atoms with Crippen molar-refractivity contribution in [2.45, 2.75) is 72.5 Å². The van der Waals surface area contributed by atoms with Gasteiger partial charge in [0.2, 0.25) is 0 Å². The fourth-order valence-corrected chi connectivity index (χ4v) is 4.93. The van der Waals surface area contributed by atoms with Gasteiger partial charge >= 0.3 is 6.16 Å². The minimum Gasteiger partial charge on any atom is -0.427 e. The molecule has 3 atom stereocenters. The third-order valence-electron chi connectivity index (χ3n) is 6.73. The normalized spacial score (nSPS) is 36.6. The zero-order valence-electron chi connectivity index (χ0n) is 16.9. The molecule has 0 radical (unpaired) electrons. The van der Waals surface area contributed by atoms with Gasteiger partial charge in [-0.05, 0) is 38.2 Å². The van der Waals surface area contributed by atoms with Gasteiger partial charge in [-0.15, -0.1) is 0 Å². The molecular formula is C21H28O6. The van der Waals surface area contributed by atoms with Crippen molar-refractivity contribution < 1.29 is 28.7 Å². The van der Waals surface area contributed by atoms with Crippen molar-refractivity contribution in [1.82, 2.24) is 0 Å². The van der Waals surface area contributed by atoms with Gasteiger partial charge in [-0.2, -0.15) is 0 Å². The van der Waals surface area contributed by atoms with Crippen molar-refractivity contribution in [3.8, 4) is 0 Å². The lowest BCUT2D eigenvalue weighted by molar-refractivity contribution is -0.170. The Kier molecular flexibility index (Phi) is 4.22. The molecule has 1 heterocycles. The van der Waals surface area contributed by atoms with Crippen LogP contribution in [0.25, 0.3) is 0 Å². The first kappa shape index (κ1) is 19.8. The van der Waals surface area contributed by atoms with Crippen LogP contribution < -0.4 is 0 Å². The first-order valence-electron chi connectivity index (χ1n) is 9.53. The summed E-state index contributed by atoms with van der Waals surface area (Å²) in [5.74, 6) is -1.54. The van der Waals surface area contributed by atoms with E-state index in [4.69, 9.17) is 9.47 Å². The van der Waals surface area contributed by atoms with Crippen LogP contribution in [0.1, 0.15) is 60.8 Å². The molecule has 0 spiro atoms. The molecule has 2 fully saturated rings. The Morgan fingerprint density at radius 3 is 2.30 bits per heavy atom. The lowest BCUT2D eigenvalue weighted by Gasteiger charge is -2.55. The van der Waals surface area contributed by atoms with Crippen LogP contribution in [-0.4, -0.2) is 35.2 Å². The highest BCUT2D eigenvalue weighted by atomic mass is 16.8. The van der Waals surface area contributed by atoms with E-state index in [-0.39, 0.29) is 18.0 Å². The highest BCUT2D eigenvalue weighted by Crippen LogP contribution is 2.60. The summed E-state index contributed by atoms with van der Waals surface area (Å²) in [6.07, 6.45) is 2.89. The first-order valence-corrected chi connectivity index (χ1v) is 9.53. The van der Waals surface area contributed by atoms with Crippen LogP contribution in [0.4, 0.5) is 4.79 Å². The van der Waals surface area contributed by atoms with Gasteiger partial charge in [0.1, 0.15) is 11.7 Å². The number of fused-ring (bicyclic) bond motifs is 2. The highest BCUT2D eigenvalue weighted by Gasteiger charge is 2.70. The number of hydrogen-bond donors (Lipinski definition) is 0. The Labute approximate surface area is 159 Å². The van der Waals surface area contributed by atoms with E-state index in [1.54, 1.807) is 33.8 Å². The van der Waals surface area contributed by atoms with Crippen LogP contribution in [-0.2, 0) is 23.9 Å². The molecule has 0 aromatic rings. The van der Waals surface area contributed by atoms with E-state index in [0.717, 1.165) is 0 Å². The standard InChI is InChI=1S/C21H28O6/c1-12(2)15(23)21-13(22)7-8-20(16(21)24,10-9-18(21,3)4)11-14-19(5,6)27-17(25)26-14/h7-8,12,14H,9-11H2,1-6H3/t14-,20-,21+/m0/s1. The van der Waals surface area contributed by atoms with Crippen molar-refractivity contribution in [2.75, 3.05) is 0 Å². The van der Waals surface area contributed by atoms with Crippen LogP contribution in [0, 0.1) is 22.2 Å². The first-order chi connectivity index (χ1) is 12.3. The van der Waals surface area contributed by atoms with Crippen molar-refractivity contribution in [1.29, 1.82) is 0 Å². The fourth-order valence-electron chi connectivity index (χ4n) is 4.93. The second kappa shape index (κ2) is 5.76. The third-order valence-corrected chi connectivity index (χ3v) is 6.73. The van der Waals surface area contributed by atoms with Crippen LogP contribution >= 0.6 is 0 Å². The molecule has 2 aliphatic carbocycles. The number of rotatable bonds is 4. The number of Topliss-reactive ketones (excluding diaryl/α,β-unsaturated/α-hetero) is 2. The smallest absolute Gasteiger partial charge is 0.427 e. The predicted molar refractivity (Wildman–Crippen MR) is 96.9 cm³/mol. The summed E-state index contributed by atoms with van der Waals surface area (Å²) in [6, 6.07) is 0. The molecule has 3 aliphatic rings. The molecule has 0 aromatic carbocycles. The number of ether oxygens (including phenoxy) is 2. The Morgan fingerprint density at radius 1 is 1.15 bits per heavy atom. The maximum Gasteiger partial charge on any atom is 0.509 e. The van der Waals surface area contributed by atoms with Gasteiger partial charge in [-0.25, -0.2) is 4.79 Å². The predicted octanol–water partition coefficient (Wildman–Crippen LogP) is 3.42. The number of carbonyl (C=O) groups is 4. The maximum atomic E-state index is 13.8. The van der Waals surface area contributed by atoms with E-state index in [1.165, 1.54) is 6.08 Å². The lowest BCUT2D eigenvalue weighted by Crippen LogP contribution is -2.66. The second-order valence-electron chi connectivity index (χ2n) is 9.60. The summed E-state index contributed by atoms with van der Waals surface area (Å²) in [5.41, 5.74) is -4.33. The molecular weight excluding hydrogens is 348 g/mol. The molecule has 0 aromatic heterocycles. The van der Waals surface area contributed by atoms with Gasteiger partial charge in [-0.3, -0.25) is 14.4 Å². The van der Waals surface area contributed by atoms with Gasteiger partial charge < -0.3 is 9.47 Å². The number of hydrogen-bond acceptors (Lipinski definition) is 6. The van der Waals surface area contributed by atoms with Gasteiger partial charge in [0.05, 0.1) is 5.41 Å².